The van der Waals surface area contributed by atoms with E-state index in [9.17, 15) is 25.0 Å². The van der Waals surface area contributed by atoms with Crippen LogP contribution in [0.3, 0.4) is 0 Å². The number of rotatable bonds is 16. The normalized spacial score (nSPS) is 13.5. The fourth-order valence-electron chi connectivity index (χ4n) is 4.55. The maximum Gasteiger partial charge on any atom is 0.349 e. The van der Waals surface area contributed by atoms with E-state index in [-0.39, 0.29) is 17.6 Å². The quantitative estimate of drug-likeness (QED) is 0.120. The lowest BCUT2D eigenvalue weighted by molar-refractivity contribution is -0.145. The number of hydrogen-bond donors (Lipinski definition) is 5. The molecule has 11 heteroatoms. The number of benzene rings is 2. The van der Waals surface area contributed by atoms with Gasteiger partial charge in [0, 0.05) is 18.5 Å². The number of nitrogens with zero attached hydrogens (tertiary/aromatic N) is 2. The summed E-state index contributed by atoms with van der Waals surface area (Å²) in [5.41, 5.74) is 3.84. The number of aryl methyl sites for hydroxylation is 1. The number of carboxylic acid groups (broad SMARTS) is 1. The fourth-order valence-corrected chi connectivity index (χ4v) is 4.81. The number of nitrogens with one attached hydrogen (secondary N) is 2. The number of aliphatic carboxylic acids is 1. The lowest BCUT2D eigenvalue weighted by Gasteiger charge is -2.23. The summed E-state index contributed by atoms with van der Waals surface area (Å²) in [6.45, 7) is 6.44. The Morgan fingerprint density at radius 1 is 1.10 bits per heavy atom. The Morgan fingerprint density at radius 3 is 2.37 bits per heavy atom. The van der Waals surface area contributed by atoms with Crippen LogP contribution in [-0.4, -0.2) is 43.1 Å². The molecule has 0 saturated heterocycles. The number of carboxylic acids is 1. The molecule has 0 bridgehead atoms. The zero-order chi connectivity index (χ0) is 29.9. The van der Waals surface area contributed by atoms with Gasteiger partial charge < -0.3 is 30.0 Å². The van der Waals surface area contributed by atoms with Crippen molar-refractivity contribution in [1.29, 1.82) is 0 Å². The Hall–Kier alpha value is -3.44. The molecule has 0 aliphatic heterocycles. The molecule has 0 saturated carbocycles. The summed E-state index contributed by atoms with van der Waals surface area (Å²) in [6.07, 6.45) is 0.415. The average molecular weight is 587 g/mol. The third-order valence-corrected chi connectivity index (χ3v) is 7.01. The van der Waals surface area contributed by atoms with Crippen molar-refractivity contribution in [2.24, 2.45) is 11.8 Å². The van der Waals surface area contributed by atoms with Crippen molar-refractivity contribution in [2.45, 2.75) is 71.9 Å². The number of aliphatic hydroxyl groups excluding tert-OH is 1. The van der Waals surface area contributed by atoms with Crippen molar-refractivity contribution in [1.82, 2.24) is 20.3 Å². The average Bonchev–Trinajstić information content (AvgIpc) is 3.25. The number of unbranched alkanes of at least 4 members (excludes halogenated alkanes) is 1. The van der Waals surface area contributed by atoms with Gasteiger partial charge in [0.15, 0.2) is 5.15 Å². The van der Waals surface area contributed by atoms with Crippen LogP contribution in [0.15, 0.2) is 54.6 Å². The van der Waals surface area contributed by atoms with Crippen LogP contribution in [0.2, 0.25) is 5.15 Å². The van der Waals surface area contributed by atoms with Crippen LogP contribution < -0.4 is 15.5 Å². The molecule has 1 amide bonds. The van der Waals surface area contributed by atoms with E-state index in [4.69, 9.17) is 16.3 Å². The van der Waals surface area contributed by atoms with Gasteiger partial charge in [-0.3, -0.25) is 4.79 Å². The third kappa shape index (κ3) is 9.02. The number of carbonyl (C=O) groups is 2. The maximum atomic E-state index is 12.9. The third-order valence-electron chi connectivity index (χ3n) is 6.71. The molecule has 41 heavy (non-hydrogen) atoms. The molecule has 3 aromatic rings. The molecule has 3 rings (SSSR count). The zero-order valence-corrected chi connectivity index (χ0v) is 24.3. The van der Waals surface area contributed by atoms with Crippen molar-refractivity contribution < 1.29 is 29.7 Å². The van der Waals surface area contributed by atoms with Crippen LogP contribution in [0, 0.1) is 11.8 Å². The van der Waals surface area contributed by atoms with E-state index in [1.807, 2.05) is 36.6 Å². The first-order valence-electron chi connectivity index (χ1n) is 13.8. The van der Waals surface area contributed by atoms with Crippen LogP contribution in [-0.2, 0) is 29.1 Å². The number of halogens is 1. The smallest absolute Gasteiger partial charge is 0.349 e. The number of hydroxylamine groups is 1. The number of amides is 1. The van der Waals surface area contributed by atoms with Gasteiger partial charge in [0.2, 0.25) is 12.0 Å². The molecule has 222 valence electrons. The number of aliphatic hydroxyl groups is 1. The Kier molecular flexibility index (Phi) is 12.2. The molecule has 0 aliphatic carbocycles. The minimum absolute atomic E-state index is 0.0854. The van der Waals surface area contributed by atoms with E-state index in [1.54, 1.807) is 41.9 Å². The minimum Gasteiger partial charge on any atom is -0.478 e. The van der Waals surface area contributed by atoms with Crippen LogP contribution in [0.25, 0.3) is 0 Å². The molecule has 5 N–H and O–H groups in total. The number of aromatic nitrogens is 2. The highest BCUT2D eigenvalue weighted by Gasteiger charge is 2.28. The van der Waals surface area contributed by atoms with Gasteiger partial charge in [-0.05, 0) is 36.5 Å². The second-order valence-corrected chi connectivity index (χ2v) is 10.7. The molecule has 0 fully saturated rings. The van der Waals surface area contributed by atoms with Gasteiger partial charge in [0.05, 0.1) is 18.2 Å². The summed E-state index contributed by atoms with van der Waals surface area (Å²) in [4.78, 5) is 29.3. The Labute approximate surface area is 245 Å². The SMILES string of the molecule is CCCCc1nc(Cl)c(CNC(=O)C(CC(C)C)C(O)NO)n1Cc1ccc(OC(C(=O)O)c2ccccc2)cc1. The molecular weight excluding hydrogens is 548 g/mol. The van der Waals surface area contributed by atoms with Gasteiger partial charge >= 0.3 is 5.97 Å². The Morgan fingerprint density at radius 2 is 1.78 bits per heavy atom. The Balaban J connectivity index is 1.80. The van der Waals surface area contributed by atoms with Gasteiger partial charge in [0.1, 0.15) is 17.8 Å². The minimum atomic E-state index is -1.40. The molecule has 1 heterocycles. The number of imidazole rings is 1. The molecule has 3 unspecified atom stereocenters. The van der Waals surface area contributed by atoms with Crippen LogP contribution in [0.4, 0.5) is 0 Å². The van der Waals surface area contributed by atoms with Crippen LogP contribution in [0.1, 0.15) is 68.8 Å². The van der Waals surface area contributed by atoms with Crippen molar-refractivity contribution in [3.8, 4) is 5.75 Å². The standard InChI is InChI=1S/C30H39ClN4O6/c1-4-5-11-25-33-27(31)24(17-32-28(36)23(16-19(2)3)29(37)34-40)35(25)18-20-12-14-22(15-13-20)41-26(30(38)39)21-9-7-6-8-10-21/h6-10,12-15,19,23,26,29,34,37,40H,4-5,11,16-18H2,1-3H3,(H,32,36)(H,38,39). The van der Waals surface area contributed by atoms with E-state index >= 15 is 0 Å². The summed E-state index contributed by atoms with van der Waals surface area (Å²) in [7, 11) is 0. The molecule has 10 nitrogen and oxygen atoms in total. The number of hydrogen-bond acceptors (Lipinski definition) is 7. The van der Waals surface area contributed by atoms with Crippen LogP contribution in [0.5, 0.6) is 5.75 Å². The fraction of sp³-hybridized carbons (Fsp3) is 0.433. The van der Waals surface area contributed by atoms with Crippen molar-refractivity contribution in [3.05, 3.63) is 82.4 Å². The first-order valence-corrected chi connectivity index (χ1v) is 14.1. The summed E-state index contributed by atoms with van der Waals surface area (Å²) in [5, 5.41) is 32.1. The summed E-state index contributed by atoms with van der Waals surface area (Å²) in [5.74, 6) is -1.04. The number of carbonyl (C=O) groups excluding carboxylic acids is 1. The van der Waals surface area contributed by atoms with Gasteiger partial charge in [-0.15, -0.1) is 0 Å². The highest BCUT2D eigenvalue weighted by molar-refractivity contribution is 6.30. The molecular formula is C30H39ClN4O6. The van der Waals surface area contributed by atoms with Gasteiger partial charge in [-0.1, -0.05) is 81.3 Å². The summed E-state index contributed by atoms with van der Waals surface area (Å²) in [6, 6.07) is 15.9. The number of ether oxygens (including phenoxy) is 1. The first kappa shape index (κ1) is 32.1. The first-order chi connectivity index (χ1) is 19.6. The van der Waals surface area contributed by atoms with E-state index in [0.29, 0.717) is 36.4 Å². The summed E-state index contributed by atoms with van der Waals surface area (Å²) >= 11 is 6.54. The molecule has 3 atom stereocenters. The van der Waals surface area contributed by atoms with Gasteiger partial charge in [0.25, 0.3) is 0 Å². The van der Waals surface area contributed by atoms with Crippen molar-refractivity contribution >= 4 is 23.5 Å². The topological polar surface area (TPSA) is 146 Å². The van der Waals surface area contributed by atoms with E-state index in [0.717, 1.165) is 24.2 Å². The highest BCUT2D eigenvalue weighted by Crippen LogP contribution is 2.25. The zero-order valence-electron chi connectivity index (χ0n) is 23.6. The van der Waals surface area contributed by atoms with Gasteiger partial charge in [-0.25, -0.2) is 9.78 Å². The second-order valence-electron chi connectivity index (χ2n) is 10.4. The van der Waals surface area contributed by atoms with Crippen molar-refractivity contribution in [2.75, 3.05) is 0 Å². The lowest BCUT2D eigenvalue weighted by atomic mass is 9.95. The van der Waals surface area contributed by atoms with Crippen molar-refractivity contribution in [3.63, 3.8) is 0 Å². The molecule has 0 spiro atoms. The molecule has 2 aromatic carbocycles. The van der Waals surface area contributed by atoms with E-state index in [1.165, 1.54) is 0 Å². The monoisotopic (exact) mass is 586 g/mol. The maximum absolute atomic E-state index is 12.9. The van der Waals surface area contributed by atoms with E-state index in [2.05, 4.69) is 17.2 Å². The molecule has 1 aromatic heterocycles. The lowest BCUT2D eigenvalue weighted by Crippen LogP contribution is -2.44. The van der Waals surface area contributed by atoms with Crippen LogP contribution >= 0.6 is 11.6 Å². The largest absolute Gasteiger partial charge is 0.478 e. The van der Waals surface area contributed by atoms with Gasteiger partial charge in [-0.2, -0.15) is 5.48 Å². The highest BCUT2D eigenvalue weighted by atomic mass is 35.5. The molecule has 0 aliphatic rings. The van der Waals surface area contributed by atoms with E-state index < -0.39 is 30.1 Å². The Bertz CT molecular complexity index is 1270. The second kappa shape index (κ2) is 15.5. The molecule has 0 radical (unpaired) electrons. The predicted molar refractivity (Wildman–Crippen MR) is 155 cm³/mol. The predicted octanol–water partition coefficient (Wildman–Crippen LogP) is 4.71. The summed E-state index contributed by atoms with van der Waals surface area (Å²) < 4.78 is 7.75.